The Labute approximate surface area is 80.6 Å². The molecule has 2 bridgehead atoms. The van der Waals surface area contributed by atoms with Crippen LogP contribution in [-0.4, -0.2) is 61.0 Å². The summed E-state index contributed by atoms with van der Waals surface area (Å²) in [6, 6.07) is 0.703. The number of hydrogen-bond acceptors (Lipinski definition) is 3. The third-order valence-electron chi connectivity index (χ3n) is 2.91. The molecule has 0 aromatic rings. The summed E-state index contributed by atoms with van der Waals surface area (Å²) in [6.45, 7) is 7.01. The predicted octanol–water partition coefficient (Wildman–Crippen LogP) is 0.409. The van der Waals surface area contributed by atoms with Crippen LogP contribution in [0.5, 0.6) is 0 Å². The van der Waals surface area contributed by atoms with Gasteiger partial charge in [-0.2, -0.15) is 0 Å². The lowest BCUT2D eigenvalue weighted by molar-refractivity contribution is 0.0838. The molecular weight excluding hydrogens is 162 g/mol. The lowest BCUT2D eigenvalue weighted by Crippen LogP contribution is -2.57. The van der Waals surface area contributed by atoms with Gasteiger partial charge >= 0.3 is 0 Å². The Morgan fingerprint density at radius 2 is 2.23 bits per heavy atom. The van der Waals surface area contributed by atoms with E-state index in [1.807, 2.05) is 0 Å². The van der Waals surface area contributed by atoms with Gasteiger partial charge in [0.1, 0.15) is 0 Å². The summed E-state index contributed by atoms with van der Waals surface area (Å²) in [5.41, 5.74) is 1.43. The van der Waals surface area contributed by atoms with E-state index in [0.29, 0.717) is 6.04 Å². The van der Waals surface area contributed by atoms with Gasteiger partial charge < -0.3 is 14.7 Å². The first-order valence-corrected chi connectivity index (χ1v) is 5.00. The number of piperazine rings is 1. The number of hydrogen-bond donors (Lipinski definition) is 0. The van der Waals surface area contributed by atoms with Gasteiger partial charge in [-0.15, -0.1) is 0 Å². The highest BCUT2D eigenvalue weighted by Gasteiger charge is 2.30. The second kappa shape index (κ2) is 3.22. The molecule has 0 amide bonds. The van der Waals surface area contributed by atoms with Gasteiger partial charge in [-0.1, -0.05) is 0 Å². The molecule has 0 spiro atoms. The quantitative estimate of drug-likeness (QED) is 0.611. The second-order valence-electron chi connectivity index (χ2n) is 4.37. The Morgan fingerprint density at radius 3 is 2.77 bits per heavy atom. The van der Waals surface area contributed by atoms with Crippen molar-refractivity contribution in [2.24, 2.45) is 0 Å². The molecule has 0 saturated carbocycles. The van der Waals surface area contributed by atoms with E-state index in [1.54, 1.807) is 0 Å². The molecule has 0 aromatic carbocycles. The van der Waals surface area contributed by atoms with Gasteiger partial charge in [0.05, 0.1) is 6.04 Å². The molecule has 1 saturated heterocycles. The zero-order valence-electron chi connectivity index (χ0n) is 8.82. The van der Waals surface area contributed by atoms with Gasteiger partial charge in [-0.3, -0.25) is 0 Å². The molecule has 1 fully saturated rings. The number of nitrogens with zero attached hydrogens (tertiary/aromatic N) is 3. The van der Waals surface area contributed by atoms with Crippen LogP contribution >= 0.6 is 0 Å². The Kier molecular flexibility index (Phi) is 2.20. The van der Waals surface area contributed by atoms with Crippen LogP contribution in [0.4, 0.5) is 0 Å². The summed E-state index contributed by atoms with van der Waals surface area (Å²) in [5.74, 6) is 0. The Balaban J connectivity index is 2.05. The monoisotopic (exact) mass is 181 g/mol. The molecule has 3 nitrogen and oxygen atoms in total. The summed E-state index contributed by atoms with van der Waals surface area (Å²) in [7, 11) is 4.30. The van der Waals surface area contributed by atoms with E-state index in [-0.39, 0.29) is 0 Å². The van der Waals surface area contributed by atoms with Crippen LogP contribution in [0.2, 0.25) is 0 Å². The minimum absolute atomic E-state index is 0.703. The van der Waals surface area contributed by atoms with Gasteiger partial charge in [-0.25, -0.2) is 0 Å². The fraction of sp³-hybridized carbons (Fsp3) is 0.800. The van der Waals surface area contributed by atoms with Gasteiger partial charge in [0.25, 0.3) is 0 Å². The molecule has 3 heteroatoms. The third-order valence-corrected chi connectivity index (χ3v) is 2.91. The molecule has 3 aliphatic heterocycles. The number of allylic oxidation sites excluding steroid dienone is 1. The molecule has 0 aromatic heterocycles. The minimum atomic E-state index is 0.703. The van der Waals surface area contributed by atoms with Crippen LogP contribution < -0.4 is 0 Å². The van der Waals surface area contributed by atoms with Crippen molar-refractivity contribution < 1.29 is 0 Å². The van der Waals surface area contributed by atoms with Crippen molar-refractivity contribution in [2.45, 2.75) is 13.0 Å². The number of rotatable bonds is 2. The van der Waals surface area contributed by atoms with Gasteiger partial charge in [0.15, 0.2) is 0 Å². The van der Waals surface area contributed by atoms with Crippen molar-refractivity contribution in [3.8, 4) is 0 Å². The topological polar surface area (TPSA) is 9.72 Å². The van der Waals surface area contributed by atoms with Crippen molar-refractivity contribution in [2.75, 3.05) is 40.3 Å². The average molecular weight is 181 g/mol. The van der Waals surface area contributed by atoms with Crippen molar-refractivity contribution in [3.05, 3.63) is 11.9 Å². The Morgan fingerprint density at radius 1 is 1.46 bits per heavy atom. The first kappa shape index (κ1) is 8.88. The van der Waals surface area contributed by atoms with Gasteiger partial charge in [0, 0.05) is 38.1 Å². The van der Waals surface area contributed by atoms with Crippen molar-refractivity contribution in [1.29, 1.82) is 0 Å². The van der Waals surface area contributed by atoms with Crippen LogP contribution in [0.25, 0.3) is 0 Å². The number of fused-ring (bicyclic) bond motifs is 2. The van der Waals surface area contributed by atoms with Crippen molar-refractivity contribution in [3.63, 3.8) is 0 Å². The maximum absolute atomic E-state index is 2.54. The van der Waals surface area contributed by atoms with E-state index in [1.165, 1.54) is 31.9 Å². The highest BCUT2D eigenvalue weighted by molar-refractivity contribution is 5.09. The molecule has 0 N–H and O–H groups in total. The largest absolute Gasteiger partial charge is 0.372 e. The summed E-state index contributed by atoms with van der Waals surface area (Å²) in [4.78, 5) is 7.27. The van der Waals surface area contributed by atoms with E-state index < -0.39 is 0 Å². The molecule has 1 atom stereocenters. The first-order valence-electron chi connectivity index (χ1n) is 5.00. The lowest BCUT2D eigenvalue weighted by Gasteiger charge is -2.48. The molecule has 0 aliphatic carbocycles. The lowest BCUT2D eigenvalue weighted by atomic mass is 10.1. The van der Waals surface area contributed by atoms with E-state index in [2.05, 4.69) is 41.9 Å². The standard InChI is InChI=1S/C10H19N3/c1-9-6-12-4-5-13(9)10(8-12)7-11(2)3/h6,10H,4-5,7-8H2,1-3H3. The molecule has 3 rings (SSSR count). The molecule has 74 valence electrons. The maximum atomic E-state index is 2.54. The Hall–Kier alpha value is -0.700. The zero-order chi connectivity index (χ0) is 9.42. The fourth-order valence-electron chi connectivity index (χ4n) is 2.38. The van der Waals surface area contributed by atoms with Crippen LogP contribution in [-0.2, 0) is 0 Å². The van der Waals surface area contributed by atoms with Crippen LogP contribution in [0, 0.1) is 0 Å². The van der Waals surface area contributed by atoms with Crippen LogP contribution in [0.1, 0.15) is 6.92 Å². The molecule has 3 aliphatic rings. The summed E-state index contributed by atoms with van der Waals surface area (Å²) < 4.78 is 0. The maximum Gasteiger partial charge on any atom is 0.0589 e. The van der Waals surface area contributed by atoms with Crippen molar-refractivity contribution in [1.82, 2.24) is 14.7 Å². The SMILES string of the molecule is CC1=CN2CCN1C(CN(C)C)C2. The van der Waals surface area contributed by atoms with Gasteiger partial charge in [-0.05, 0) is 21.0 Å². The highest BCUT2D eigenvalue weighted by atomic mass is 15.3. The normalized spacial score (nSPS) is 27.1. The van der Waals surface area contributed by atoms with E-state index >= 15 is 0 Å². The zero-order valence-corrected chi connectivity index (χ0v) is 8.82. The average Bonchev–Trinajstić information content (AvgIpc) is 2.02. The highest BCUT2D eigenvalue weighted by Crippen LogP contribution is 2.22. The van der Waals surface area contributed by atoms with E-state index in [0.717, 1.165) is 0 Å². The minimum Gasteiger partial charge on any atom is -0.372 e. The van der Waals surface area contributed by atoms with Crippen LogP contribution in [0.15, 0.2) is 11.9 Å². The fourth-order valence-corrected chi connectivity index (χ4v) is 2.38. The smallest absolute Gasteiger partial charge is 0.0589 e. The molecular formula is C10H19N3. The molecule has 1 unspecified atom stereocenters. The second-order valence-corrected chi connectivity index (χ2v) is 4.37. The number of likely N-dealkylation sites (N-methyl/N-ethyl adjacent to an activating group) is 1. The molecule has 3 heterocycles. The first-order chi connectivity index (χ1) is 6.16. The predicted molar refractivity (Wildman–Crippen MR) is 54.4 cm³/mol. The molecule has 0 radical (unpaired) electrons. The summed E-state index contributed by atoms with van der Waals surface area (Å²) in [5, 5.41) is 0. The van der Waals surface area contributed by atoms with Crippen LogP contribution in [0.3, 0.4) is 0 Å². The van der Waals surface area contributed by atoms with E-state index in [4.69, 9.17) is 0 Å². The van der Waals surface area contributed by atoms with Crippen molar-refractivity contribution >= 4 is 0 Å². The summed E-state index contributed by atoms with van der Waals surface area (Å²) in [6.07, 6.45) is 2.29. The molecule has 13 heavy (non-hydrogen) atoms. The Bertz CT molecular complexity index is 222. The third kappa shape index (κ3) is 1.66. The van der Waals surface area contributed by atoms with E-state index in [9.17, 15) is 0 Å². The van der Waals surface area contributed by atoms with Gasteiger partial charge in [0.2, 0.25) is 0 Å². The summed E-state index contributed by atoms with van der Waals surface area (Å²) >= 11 is 0.